The molecule has 0 amide bonds. The van der Waals surface area contributed by atoms with Crippen LogP contribution >= 0.6 is 34.5 Å². The number of aromatic carboxylic acids is 1. The van der Waals surface area contributed by atoms with Crippen LogP contribution in [0, 0.1) is 0 Å². The number of halogens is 2. The van der Waals surface area contributed by atoms with Gasteiger partial charge < -0.3 is 5.11 Å². The van der Waals surface area contributed by atoms with Crippen molar-refractivity contribution in [1.82, 2.24) is 0 Å². The maximum Gasteiger partial charge on any atom is 0.337 e. The number of hydrogen-bond donors (Lipinski definition) is 2. The predicted molar refractivity (Wildman–Crippen MR) is 78.5 cm³/mol. The lowest BCUT2D eigenvalue weighted by atomic mass is 10.2. The van der Waals surface area contributed by atoms with Crippen molar-refractivity contribution in [2.75, 3.05) is 4.72 Å². The molecule has 0 unspecified atom stereocenters. The first-order valence-electron chi connectivity index (χ1n) is 5.10. The monoisotopic (exact) mass is 351 g/mol. The van der Waals surface area contributed by atoms with Gasteiger partial charge in [-0.2, -0.15) is 0 Å². The number of sulfonamides is 1. The Kier molecular flexibility index (Phi) is 4.24. The van der Waals surface area contributed by atoms with Gasteiger partial charge in [-0.05, 0) is 23.6 Å². The van der Waals surface area contributed by atoms with E-state index in [1.54, 1.807) is 11.4 Å². The van der Waals surface area contributed by atoms with Gasteiger partial charge in [-0.1, -0.05) is 29.3 Å². The molecule has 0 spiro atoms. The third-order valence-electron chi connectivity index (χ3n) is 2.28. The lowest BCUT2D eigenvalue weighted by molar-refractivity contribution is 0.0698. The van der Waals surface area contributed by atoms with E-state index in [2.05, 4.69) is 4.72 Å². The molecule has 0 aliphatic rings. The third kappa shape index (κ3) is 3.06. The highest BCUT2D eigenvalue weighted by Crippen LogP contribution is 2.32. The van der Waals surface area contributed by atoms with Crippen molar-refractivity contribution in [3.05, 3.63) is 45.3 Å². The Morgan fingerprint density at radius 3 is 2.55 bits per heavy atom. The van der Waals surface area contributed by atoms with E-state index in [1.807, 2.05) is 0 Å². The Bertz CT molecular complexity index is 757. The zero-order valence-corrected chi connectivity index (χ0v) is 12.8. The van der Waals surface area contributed by atoms with Gasteiger partial charge in [0.1, 0.15) is 4.21 Å². The van der Waals surface area contributed by atoms with E-state index >= 15 is 0 Å². The maximum atomic E-state index is 12.1. The molecule has 0 saturated carbocycles. The summed E-state index contributed by atoms with van der Waals surface area (Å²) in [5.74, 6) is -1.33. The second kappa shape index (κ2) is 5.61. The van der Waals surface area contributed by atoms with Gasteiger partial charge in [-0.15, -0.1) is 11.3 Å². The van der Waals surface area contributed by atoms with Gasteiger partial charge in [0.2, 0.25) is 0 Å². The van der Waals surface area contributed by atoms with E-state index in [4.69, 9.17) is 28.3 Å². The highest BCUT2D eigenvalue weighted by Gasteiger charge is 2.22. The van der Waals surface area contributed by atoms with Gasteiger partial charge >= 0.3 is 5.97 Å². The van der Waals surface area contributed by atoms with Crippen LogP contribution in [-0.2, 0) is 10.0 Å². The minimum Gasteiger partial charge on any atom is -0.478 e. The number of nitrogens with one attached hydrogen (secondary N) is 1. The van der Waals surface area contributed by atoms with Gasteiger partial charge in [-0.25, -0.2) is 13.2 Å². The van der Waals surface area contributed by atoms with Crippen LogP contribution in [-0.4, -0.2) is 19.5 Å². The molecule has 1 heterocycles. The molecule has 0 fully saturated rings. The van der Waals surface area contributed by atoms with Crippen molar-refractivity contribution >= 4 is 56.2 Å². The van der Waals surface area contributed by atoms with E-state index < -0.39 is 16.0 Å². The number of carbonyl (C=O) groups is 1. The Labute approximate surface area is 128 Å². The summed E-state index contributed by atoms with van der Waals surface area (Å²) in [5.41, 5.74) is -0.528. The van der Waals surface area contributed by atoms with Crippen molar-refractivity contribution in [2.24, 2.45) is 0 Å². The SMILES string of the molecule is O=C(O)c1cc(Cl)cc(Cl)c1NS(=O)(=O)c1cccs1. The predicted octanol–water partition coefficient (Wildman–Crippen LogP) is 3.55. The van der Waals surface area contributed by atoms with Crippen molar-refractivity contribution in [2.45, 2.75) is 4.21 Å². The first-order valence-corrected chi connectivity index (χ1v) is 8.22. The highest BCUT2D eigenvalue weighted by atomic mass is 35.5. The molecule has 1 aromatic heterocycles. The quantitative estimate of drug-likeness (QED) is 0.881. The zero-order chi connectivity index (χ0) is 14.9. The Morgan fingerprint density at radius 1 is 1.30 bits per heavy atom. The van der Waals surface area contributed by atoms with Gasteiger partial charge in [0, 0.05) is 5.02 Å². The molecule has 0 bridgehead atoms. The summed E-state index contributed by atoms with van der Waals surface area (Å²) in [6.45, 7) is 0. The topological polar surface area (TPSA) is 83.5 Å². The van der Waals surface area contributed by atoms with Gasteiger partial charge in [-0.3, -0.25) is 4.72 Å². The zero-order valence-electron chi connectivity index (χ0n) is 9.63. The molecule has 2 N–H and O–H groups in total. The summed E-state index contributed by atoms with van der Waals surface area (Å²) in [4.78, 5) is 11.1. The summed E-state index contributed by atoms with van der Waals surface area (Å²) in [6, 6.07) is 5.36. The largest absolute Gasteiger partial charge is 0.478 e. The van der Waals surface area contributed by atoms with Crippen LogP contribution in [0.25, 0.3) is 0 Å². The maximum absolute atomic E-state index is 12.1. The molecule has 2 aromatic rings. The average molecular weight is 352 g/mol. The summed E-state index contributed by atoms with van der Waals surface area (Å²) in [7, 11) is -3.88. The first-order chi connectivity index (χ1) is 9.31. The number of carboxylic acid groups (broad SMARTS) is 1. The van der Waals surface area contributed by atoms with Crippen LogP contribution in [0.3, 0.4) is 0 Å². The van der Waals surface area contributed by atoms with Crippen molar-refractivity contribution in [3.8, 4) is 0 Å². The molecule has 0 atom stereocenters. The number of carboxylic acids is 1. The van der Waals surface area contributed by atoms with E-state index in [0.29, 0.717) is 0 Å². The summed E-state index contributed by atoms with van der Waals surface area (Å²) in [6.07, 6.45) is 0. The van der Waals surface area contributed by atoms with Crippen LogP contribution < -0.4 is 4.72 Å². The van der Waals surface area contributed by atoms with E-state index in [-0.39, 0.29) is 25.5 Å². The molecular weight excluding hydrogens is 345 g/mol. The van der Waals surface area contributed by atoms with Gasteiger partial charge in [0.05, 0.1) is 16.3 Å². The van der Waals surface area contributed by atoms with Crippen molar-refractivity contribution < 1.29 is 18.3 Å². The molecule has 2 rings (SSSR count). The molecule has 106 valence electrons. The lowest BCUT2D eigenvalue weighted by Gasteiger charge is -2.11. The molecule has 0 aliphatic carbocycles. The van der Waals surface area contributed by atoms with Gasteiger partial charge in [0.15, 0.2) is 0 Å². The van der Waals surface area contributed by atoms with Crippen molar-refractivity contribution in [1.29, 1.82) is 0 Å². The fraction of sp³-hybridized carbons (Fsp3) is 0. The lowest BCUT2D eigenvalue weighted by Crippen LogP contribution is -2.15. The molecular formula is C11H7Cl2NO4S2. The Morgan fingerprint density at radius 2 is 2.00 bits per heavy atom. The van der Waals surface area contributed by atoms with Crippen LogP contribution in [0.1, 0.15) is 10.4 Å². The number of rotatable bonds is 4. The van der Waals surface area contributed by atoms with Crippen LogP contribution in [0.15, 0.2) is 33.9 Å². The molecule has 9 heteroatoms. The van der Waals surface area contributed by atoms with E-state index in [9.17, 15) is 13.2 Å². The Balaban J connectivity index is 2.52. The van der Waals surface area contributed by atoms with E-state index in [1.165, 1.54) is 12.1 Å². The fourth-order valence-electron chi connectivity index (χ4n) is 1.45. The second-order valence-corrected chi connectivity index (χ2v) is 7.35. The Hall–Kier alpha value is -1.28. The molecule has 20 heavy (non-hydrogen) atoms. The third-order valence-corrected chi connectivity index (χ3v) is 5.55. The standard InChI is InChI=1S/C11H7Cl2NO4S2/c12-6-4-7(11(15)16)10(8(13)5-6)14-20(17,18)9-2-1-3-19-9/h1-5,14H,(H,15,16). The smallest absolute Gasteiger partial charge is 0.337 e. The fourth-order valence-corrected chi connectivity index (χ4v) is 4.14. The van der Waals surface area contributed by atoms with E-state index in [0.717, 1.165) is 17.4 Å². The molecule has 0 aliphatic heterocycles. The van der Waals surface area contributed by atoms with Crippen LogP contribution in [0.5, 0.6) is 0 Å². The summed E-state index contributed by atoms with van der Waals surface area (Å²) < 4.78 is 26.4. The number of anilines is 1. The van der Waals surface area contributed by atoms with Gasteiger partial charge in [0.25, 0.3) is 10.0 Å². The number of thiophene rings is 1. The summed E-state index contributed by atoms with van der Waals surface area (Å²) >= 11 is 12.6. The molecule has 0 saturated heterocycles. The van der Waals surface area contributed by atoms with Crippen LogP contribution in [0.2, 0.25) is 10.0 Å². The normalized spacial score (nSPS) is 11.3. The number of benzene rings is 1. The average Bonchev–Trinajstić information content (AvgIpc) is 2.86. The molecule has 0 radical (unpaired) electrons. The first kappa shape index (κ1) is 15.1. The molecule has 5 nitrogen and oxygen atoms in total. The second-order valence-electron chi connectivity index (χ2n) is 3.65. The molecule has 1 aromatic carbocycles. The highest BCUT2D eigenvalue weighted by molar-refractivity contribution is 7.94. The van der Waals surface area contributed by atoms with Crippen molar-refractivity contribution in [3.63, 3.8) is 0 Å². The summed E-state index contributed by atoms with van der Waals surface area (Å²) in [5, 5.41) is 10.7. The minimum absolute atomic E-state index is 0.0554. The van der Waals surface area contributed by atoms with Crippen LogP contribution in [0.4, 0.5) is 5.69 Å². The number of hydrogen-bond acceptors (Lipinski definition) is 4. The minimum atomic E-state index is -3.88.